The second-order valence-electron chi connectivity index (χ2n) is 5.28. The molecule has 3 rings (SSSR count). The highest BCUT2D eigenvalue weighted by atomic mass is 79.9. The summed E-state index contributed by atoms with van der Waals surface area (Å²) in [5, 5.41) is 3.75. The minimum Gasteiger partial charge on any atom is -0.315 e. The quantitative estimate of drug-likeness (QED) is 0.865. The summed E-state index contributed by atoms with van der Waals surface area (Å²) < 4.78 is 15.1. The van der Waals surface area contributed by atoms with Gasteiger partial charge in [0.15, 0.2) is 0 Å². The minimum atomic E-state index is -0.226. The van der Waals surface area contributed by atoms with E-state index < -0.39 is 0 Å². The maximum Gasteiger partial charge on any atom is 0.127 e. The highest BCUT2D eigenvalue weighted by Gasteiger charge is 2.40. The summed E-state index contributed by atoms with van der Waals surface area (Å²) in [7, 11) is 0. The Labute approximate surface area is 131 Å². The van der Waals surface area contributed by atoms with E-state index in [0.717, 1.165) is 17.6 Å². The number of nitrogens with one attached hydrogen (secondary N) is 1. The molecule has 0 saturated carbocycles. The molecule has 1 aliphatic rings. The Morgan fingerprint density at radius 1 is 1.20 bits per heavy atom. The molecule has 0 radical (unpaired) electrons. The summed E-state index contributed by atoms with van der Waals surface area (Å²) in [6.07, 6.45) is 0.672. The molecule has 1 N–H and O–H groups in total. The molecule has 1 heterocycles. The van der Waals surface area contributed by atoms with Crippen LogP contribution in [0.25, 0.3) is 0 Å². The van der Waals surface area contributed by atoms with Gasteiger partial charge in [-0.05, 0) is 35.7 Å². The van der Waals surface area contributed by atoms with Crippen LogP contribution in [0.4, 0.5) is 4.39 Å². The number of benzene rings is 2. The van der Waals surface area contributed by atoms with Crippen molar-refractivity contribution in [2.75, 3.05) is 13.1 Å². The van der Waals surface area contributed by atoms with Crippen LogP contribution in [-0.4, -0.2) is 13.1 Å². The smallest absolute Gasteiger partial charge is 0.127 e. The standard InChI is InChI=1S/C16H14BrClFN/c17-14-4-2-1-3-13(14)16(9-20-10-16)8-11-5-6-12(18)7-15(11)19/h1-7,20H,8-10H2. The van der Waals surface area contributed by atoms with Crippen molar-refractivity contribution < 1.29 is 4.39 Å². The minimum absolute atomic E-state index is 0.0469. The first kappa shape index (κ1) is 14.1. The highest BCUT2D eigenvalue weighted by Crippen LogP contribution is 2.37. The second-order valence-corrected chi connectivity index (χ2v) is 6.57. The van der Waals surface area contributed by atoms with Gasteiger partial charge < -0.3 is 5.32 Å². The molecule has 1 fully saturated rings. The molecule has 1 nitrogen and oxygen atoms in total. The Bertz CT molecular complexity index is 640. The molecule has 104 valence electrons. The topological polar surface area (TPSA) is 12.0 Å². The van der Waals surface area contributed by atoms with Gasteiger partial charge >= 0.3 is 0 Å². The molecule has 0 aliphatic carbocycles. The zero-order valence-corrected chi connectivity index (χ0v) is 13.1. The van der Waals surface area contributed by atoms with E-state index in [1.165, 1.54) is 11.6 Å². The lowest BCUT2D eigenvalue weighted by Gasteiger charge is -2.44. The van der Waals surface area contributed by atoms with Gasteiger partial charge in [0.05, 0.1) is 0 Å². The molecule has 0 bridgehead atoms. The molecule has 1 aliphatic heterocycles. The summed E-state index contributed by atoms with van der Waals surface area (Å²) in [5.74, 6) is -0.226. The summed E-state index contributed by atoms with van der Waals surface area (Å²) in [6, 6.07) is 13.1. The van der Waals surface area contributed by atoms with Crippen LogP contribution in [0.5, 0.6) is 0 Å². The summed E-state index contributed by atoms with van der Waals surface area (Å²) >= 11 is 9.43. The Morgan fingerprint density at radius 3 is 2.55 bits per heavy atom. The van der Waals surface area contributed by atoms with E-state index in [9.17, 15) is 4.39 Å². The molecule has 2 aromatic rings. The van der Waals surface area contributed by atoms with Crippen LogP contribution in [0, 0.1) is 5.82 Å². The summed E-state index contributed by atoms with van der Waals surface area (Å²) in [5.41, 5.74) is 1.90. The van der Waals surface area contributed by atoms with Gasteiger partial charge in [-0.25, -0.2) is 4.39 Å². The van der Waals surface area contributed by atoms with Gasteiger partial charge in [-0.2, -0.15) is 0 Å². The van der Waals surface area contributed by atoms with Crippen LogP contribution in [0.15, 0.2) is 46.9 Å². The maximum atomic E-state index is 14.0. The van der Waals surface area contributed by atoms with E-state index in [4.69, 9.17) is 11.6 Å². The molecule has 0 spiro atoms. The van der Waals surface area contributed by atoms with Crippen LogP contribution < -0.4 is 5.32 Å². The van der Waals surface area contributed by atoms with Crippen molar-refractivity contribution in [1.82, 2.24) is 5.32 Å². The van der Waals surface area contributed by atoms with Crippen molar-refractivity contribution in [2.45, 2.75) is 11.8 Å². The SMILES string of the molecule is Fc1cc(Cl)ccc1CC1(c2ccccc2Br)CNC1. The van der Waals surface area contributed by atoms with Crippen molar-refractivity contribution in [3.8, 4) is 0 Å². The molecule has 20 heavy (non-hydrogen) atoms. The van der Waals surface area contributed by atoms with Crippen LogP contribution in [0.1, 0.15) is 11.1 Å². The average Bonchev–Trinajstić information content (AvgIpc) is 2.37. The molecule has 4 heteroatoms. The lowest BCUT2D eigenvalue weighted by atomic mass is 9.71. The number of rotatable bonds is 3. The van der Waals surface area contributed by atoms with Crippen molar-refractivity contribution in [1.29, 1.82) is 0 Å². The van der Waals surface area contributed by atoms with Gasteiger partial charge in [-0.1, -0.05) is 51.8 Å². The van der Waals surface area contributed by atoms with Gasteiger partial charge in [0.2, 0.25) is 0 Å². The first-order valence-corrected chi connectivity index (χ1v) is 7.67. The Kier molecular flexibility index (Phi) is 3.85. The van der Waals surface area contributed by atoms with Crippen molar-refractivity contribution in [3.05, 3.63) is 68.9 Å². The molecular formula is C16H14BrClFN. The van der Waals surface area contributed by atoms with Crippen LogP contribution in [-0.2, 0) is 11.8 Å². The zero-order valence-electron chi connectivity index (χ0n) is 10.8. The molecular weight excluding hydrogens is 341 g/mol. The predicted molar refractivity (Wildman–Crippen MR) is 83.8 cm³/mol. The van der Waals surface area contributed by atoms with Crippen LogP contribution in [0.2, 0.25) is 5.02 Å². The number of hydrogen-bond donors (Lipinski definition) is 1. The molecule has 2 aromatic carbocycles. The Balaban J connectivity index is 1.96. The van der Waals surface area contributed by atoms with E-state index in [1.807, 2.05) is 18.2 Å². The summed E-state index contributed by atoms with van der Waals surface area (Å²) in [6.45, 7) is 1.72. The lowest BCUT2D eigenvalue weighted by molar-refractivity contribution is 0.271. The van der Waals surface area contributed by atoms with Gasteiger partial charge in [-0.15, -0.1) is 0 Å². The van der Waals surface area contributed by atoms with Crippen LogP contribution >= 0.6 is 27.5 Å². The number of halogens is 3. The third kappa shape index (κ3) is 2.50. The van der Waals surface area contributed by atoms with Gasteiger partial charge in [-0.3, -0.25) is 0 Å². The molecule has 0 atom stereocenters. The molecule has 1 saturated heterocycles. The first-order valence-electron chi connectivity index (χ1n) is 6.50. The molecule has 0 amide bonds. The van der Waals surface area contributed by atoms with E-state index >= 15 is 0 Å². The van der Waals surface area contributed by atoms with E-state index in [1.54, 1.807) is 12.1 Å². The number of hydrogen-bond acceptors (Lipinski definition) is 1. The van der Waals surface area contributed by atoms with Gasteiger partial charge in [0, 0.05) is 28.0 Å². The maximum absolute atomic E-state index is 14.0. The van der Waals surface area contributed by atoms with E-state index in [2.05, 4.69) is 27.3 Å². The van der Waals surface area contributed by atoms with Crippen molar-refractivity contribution >= 4 is 27.5 Å². The fourth-order valence-corrected chi connectivity index (χ4v) is 3.62. The molecule has 0 unspecified atom stereocenters. The monoisotopic (exact) mass is 353 g/mol. The third-order valence-corrected chi connectivity index (χ3v) is 4.84. The average molecular weight is 355 g/mol. The van der Waals surface area contributed by atoms with Crippen LogP contribution in [0.3, 0.4) is 0 Å². The van der Waals surface area contributed by atoms with E-state index in [-0.39, 0.29) is 11.2 Å². The van der Waals surface area contributed by atoms with Crippen molar-refractivity contribution in [2.24, 2.45) is 0 Å². The van der Waals surface area contributed by atoms with Gasteiger partial charge in [0.1, 0.15) is 5.82 Å². The molecule has 0 aromatic heterocycles. The van der Waals surface area contributed by atoms with E-state index in [0.29, 0.717) is 17.0 Å². The predicted octanol–water partition coefficient (Wildman–Crippen LogP) is 4.33. The Hall–Kier alpha value is -0.900. The first-order chi connectivity index (χ1) is 9.61. The lowest BCUT2D eigenvalue weighted by Crippen LogP contribution is -2.58. The summed E-state index contributed by atoms with van der Waals surface area (Å²) in [4.78, 5) is 0. The zero-order chi connectivity index (χ0) is 14.2. The van der Waals surface area contributed by atoms with Gasteiger partial charge in [0.25, 0.3) is 0 Å². The normalized spacial score (nSPS) is 16.8. The highest BCUT2D eigenvalue weighted by molar-refractivity contribution is 9.10. The fraction of sp³-hybridized carbons (Fsp3) is 0.250. The fourth-order valence-electron chi connectivity index (χ4n) is 2.76. The largest absolute Gasteiger partial charge is 0.315 e. The third-order valence-electron chi connectivity index (χ3n) is 3.92. The Morgan fingerprint density at radius 2 is 1.95 bits per heavy atom. The van der Waals surface area contributed by atoms with Crippen molar-refractivity contribution in [3.63, 3.8) is 0 Å². The second kappa shape index (κ2) is 5.47.